The van der Waals surface area contributed by atoms with Gasteiger partial charge in [-0.25, -0.2) is 0 Å². The summed E-state index contributed by atoms with van der Waals surface area (Å²) >= 11 is 10.6. The van der Waals surface area contributed by atoms with Gasteiger partial charge in [-0.2, -0.15) is 0 Å². The molecule has 0 aliphatic rings. The predicted octanol–water partition coefficient (Wildman–Crippen LogP) is 1.49. The van der Waals surface area contributed by atoms with Crippen LogP contribution in [-0.4, -0.2) is 56.8 Å². The topological polar surface area (TPSA) is 97.3 Å². The van der Waals surface area contributed by atoms with E-state index in [0.29, 0.717) is 21.1 Å². The van der Waals surface area contributed by atoms with Crippen LogP contribution in [0.25, 0.3) is 0 Å². The Bertz CT molecular complexity index is 862. The van der Waals surface area contributed by atoms with E-state index in [4.69, 9.17) is 29.6 Å². The van der Waals surface area contributed by atoms with Crippen LogP contribution in [0.2, 0.25) is 0 Å². The first-order chi connectivity index (χ1) is 13.8. The number of thiocarbonyl (C=S) groups is 2. The Morgan fingerprint density at radius 2 is 1.14 bits per heavy atom. The molecule has 0 saturated heterocycles. The lowest BCUT2D eigenvalue weighted by atomic mass is 10.2. The number of carbonyl (C=O) groups excluding carboxylic acids is 2. The minimum absolute atomic E-state index is 0.319. The normalized spacial score (nSPS) is 9.72. The zero-order chi connectivity index (χ0) is 21.4. The van der Waals surface area contributed by atoms with E-state index in [1.165, 1.54) is 24.1 Å². The van der Waals surface area contributed by atoms with Crippen molar-refractivity contribution in [2.45, 2.75) is 0 Å². The lowest BCUT2D eigenvalue weighted by molar-refractivity contribution is -0.121. The van der Waals surface area contributed by atoms with Crippen molar-refractivity contribution in [2.24, 2.45) is 5.16 Å². The molecule has 10 heteroatoms. The predicted molar refractivity (Wildman–Crippen MR) is 117 cm³/mol. The first-order valence-corrected chi connectivity index (χ1v) is 9.17. The van der Waals surface area contributed by atoms with Gasteiger partial charge < -0.3 is 5.21 Å². The minimum Gasteiger partial charge on any atom is -0.410 e. The molecule has 0 aliphatic heterocycles. The van der Waals surface area contributed by atoms with Crippen LogP contribution in [0, 0.1) is 0 Å². The van der Waals surface area contributed by atoms with Gasteiger partial charge in [0.2, 0.25) is 5.71 Å². The first-order valence-electron chi connectivity index (χ1n) is 8.35. The number of nitrogens with zero attached hydrogens (tertiary/aromatic N) is 3. The maximum Gasteiger partial charge on any atom is 0.297 e. The molecule has 2 amide bonds. The van der Waals surface area contributed by atoms with Crippen LogP contribution in [0.1, 0.15) is 11.1 Å². The Kier molecular flexibility index (Phi) is 7.75. The number of nitrogens with one attached hydrogen (secondary N) is 2. The van der Waals surface area contributed by atoms with Crippen molar-refractivity contribution >= 4 is 51.9 Å². The number of hydrogen-bond acceptors (Lipinski definition) is 6. The molecule has 150 valence electrons. The highest BCUT2D eigenvalue weighted by Gasteiger charge is 2.25. The summed E-state index contributed by atoms with van der Waals surface area (Å²) in [5, 5.41) is 14.5. The number of carbonyl (C=O) groups is 2. The van der Waals surface area contributed by atoms with Crippen molar-refractivity contribution < 1.29 is 14.8 Å². The van der Waals surface area contributed by atoms with E-state index in [1.54, 1.807) is 48.5 Å². The SMILES string of the molecule is CN(NC(=O)C(=NO)C(=O)NN(C)C(=S)c1ccccc1)C(=S)c1ccccc1. The van der Waals surface area contributed by atoms with E-state index < -0.39 is 17.5 Å². The molecule has 0 heterocycles. The van der Waals surface area contributed by atoms with Crippen LogP contribution in [-0.2, 0) is 9.59 Å². The van der Waals surface area contributed by atoms with Crippen molar-refractivity contribution in [1.29, 1.82) is 0 Å². The molecular weight excluding hydrogens is 410 g/mol. The molecule has 0 fully saturated rings. The van der Waals surface area contributed by atoms with E-state index in [9.17, 15) is 9.59 Å². The summed E-state index contributed by atoms with van der Waals surface area (Å²) in [6.07, 6.45) is 0. The minimum atomic E-state index is -0.940. The van der Waals surface area contributed by atoms with Gasteiger partial charge in [-0.3, -0.25) is 30.5 Å². The number of hydrazine groups is 2. The summed E-state index contributed by atoms with van der Waals surface area (Å²) < 4.78 is 0. The van der Waals surface area contributed by atoms with Crippen molar-refractivity contribution in [3.63, 3.8) is 0 Å². The fraction of sp³-hybridized carbons (Fsp3) is 0.105. The van der Waals surface area contributed by atoms with Crippen molar-refractivity contribution in [3.05, 3.63) is 71.8 Å². The van der Waals surface area contributed by atoms with Gasteiger partial charge in [-0.1, -0.05) is 90.3 Å². The zero-order valence-electron chi connectivity index (χ0n) is 15.7. The molecule has 8 nitrogen and oxygen atoms in total. The fourth-order valence-electron chi connectivity index (χ4n) is 2.25. The van der Waals surface area contributed by atoms with Gasteiger partial charge in [-0.15, -0.1) is 0 Å². The molecule has 0 bridgehead atoms. The number of benzene rings is 2. The Hall–Kier alpha value is -3.37. The van der Waals surface area contributed by atoms with E-state index in [0.717, 1.165) is 0 Å². The van der Waals surface area contributed by atoms with Crippen molar-refractivity contribution in [3.8, 4) is 0 Å². The molecule has 0 atom stereocenters. The van der Waals surface area contributed by atoms with E-state index in [2.05, 4.69) is 16.0 Å². The van der Waals surface area contributed by atoms with Crippen LogP contribution in [0.15, 0.2) is 65.8 Å². The third-order valence-electron chi connectivity index (χ3n) is 3.72. The Labute approximate surface area is 178 Å². The highest BCUT2D eigenvalue weighted by atomic mass is 32.1. The van der Waals surface area contributed by atoms with Crippen molar-refractivity contribution in [1.82, 2.24) is 20.9 Å². The quantitative estimate of drug-likeness (QED) is 0.223. The molecule has 3 N–H and O–H groups in total. The smallest absolute Gasteiger partial charge is 0.297 e. The van der Waals surface area contributed by atoms with E-state index >= 15 is 0 Å². The third kappa shape index (κ3) is 5.80. The lowest BCUT2D eigenvalue weighted by Crippen LogP contribution is -2.52. The second kappa shape index (κ2) is 10.2. The molecule has 0 spiro atoms. The Morgan fingerprint density at radius 3 is 1.45 bits per heavy atom. The molecule has 29 heavy (non-hydrogen) atoms. The standard InChI is InChI=1S/C19H19N5O3S2/c1-23(18(28)13-9-5-3-6-10-13)20-16(25)15(22-27)17(26)21-24(2)19(29)14-11-7-4-8-12-14/h3-12,27H,1-2H3,(H,20,25)(H,21,26). The molecular formula is C19H19N5O3S2. The molecule has 2 aromatic rings. The van der Waals surface area contributed by atoms with Gasteiger partial charge in [0.1, 0.15) is 9.98 Å². The van der Waals surface area contributed by atoms with Gasteiger partial charge >= 0.3 is 0 Å². The van der Waals surface area contributed by atoms with Crippen LogP contribution < -0.4 is 10.9 Å². The largest absolute Gasteiger partial charge is 0.410 e. The van der Waals surface area contributed by atoms with E-state index in [1.807, 2.05) is 12.1 Å². The van der Waals surface area contributed by atoms with Crippen LogP contribution >= 0.6 is 24.4 Å². The summed E-state index contributed by atoms with van der Waals surface area (Å²) in [5.74, 6) is -1.88. The molecule has 0 unspecified atom stereocenters. The summed E-state index contributed by atoms with van der Waals surface area (Å²) in [7, 11) is 3.02. The van der Waals surface area contributed by atoms with Crippen molar-refractivity contribution in [2.75, 3.05) is 14.1 Å². The molecule has 2 rings (SSSR count). The summed E-state index contributed by atoms with van der Waals surface area (Å²) in [6, 6.07) is 18.0. The molecule has 0 radical (unpaired) electrons. The maximum absolute atomic E-state index is 12.4. The van der Waals surface area contributed by atoms with Gasteiger partial charge in [0, 0.05) is 25.2 Å². The van der Waals surface area contributed by atoms with Crippen LogP contribution in [0.5, 0.6) is 0 Å². The molecule has 0 saturated carbocycles. The molecule has 0 aromatic heterocycles. The highest BCUT2D eigenvalue weighted by molar-refractivity contribution is 7.80. The highest BCUT2D eigenvalue weighted by Crippen LogP contribution is 2.04. The second-order valence-electron chi connectivity index (χ2n) is 5.79. The second-order valence-corrected chi connectivity index (χ2v) is 6.56. The molecule has 0 aliphatic carbocycles. The van der Waals surface area contributed by atoms with Gasteiger partial charge in [0.15, 0.2) is 0 Å². The summed E-state index contributed by atoms with van der Waals surface area (Å²) in [4.78, 5) is 25.4. The Balaban J connectivity index is 2.00. The summed E-state index contributed by atoms with van der Waals surface area (Å²) in [6.45, 7) is 0. The van der Waals surface area contributed by atoms with Crippen LogP contribution in [0.3, 0.4) is 0 Å². The monoisotopic (exact) mass is 429 g/mol. The Morgan fingerprint density at radius 1 is 0.793 bits per heavy atom. The first kappa shape index (κ1) is 21.9. The lowest BCUT2D eigenvalue weighted by Gasteiger charge is -2.23. The number of oxime groups is 1. The zero-order valence-corrected chi connectivity index (χ0v) is 17.3. The maximum atomic E-state index is 12.4. The molecule has 2 aromatic carbocycles. The fourth-order valence-corrected chi connectivity index (χ4v) is 2.62. The third-order valence-corrected chi connectivity index (χ3v) is 4.74. The number of hydrogen-bond donors (Lipinski definition) is 3. The average molecular weight is 430 g/mol. The van der Waals surface area contributed by atoms with E-state index in [-0.39, 0.29) is 0 Å². The van der Waals surface area contributed by atoms with Crippen LogP contribution in [0.4, 0.5) is 0 Å². The van der Waals surface area contributed by atoms with Gasteiger partial charge in [0.25, 0.3) is 11.8 Å². The van der Waals surface area contributed by atoms with Gasteiger partial charge in [0.05, 0.1) is 0 Å². The number of rotatable bonds is 4. The number of amides is 2. The summed E-state index contributed by atoms with van der Waals surface area (Å²) in [5.41, 5.74) is 5.43. The van der Waals surface area contributed by atoms with Gasteiger partial charge in [-0.05, 0) is 0 Å². The average Bonchev–Trinajstić information content (AvgIpc) is 2.74.